The van der Waals surface area contributed by atoms with Crippen LogP contribution in [0.4, 0.5) is 5.69 Å². The van der Waals surface area contributed by atoms with Gasteiger partial charge < -0.3 is 19.7 Å². The van der Waals surface area contributed by atoms with Gasteiger partial charge in [-0.15, -0.1) is 0 Å². The molecule has 0 atom stereocenters. The number of piperidine rings is 1. The van der Waals surface area contributed by atoms with Crippen molar-refractivity contribution in [3.8, 4) is 11.4 Å². The molecular formula is C24H26N6O2. The molecule has 2 aromatic heterocycles. The van der Waals surface area contributed by atoms with E-state index in [0.29, 0.717) is 18.8 Å². The van der Waals surface area contributed by atoms with Crippen molar-refractivity contribution < 1.29 is 9.32 Å². The summed E-state index contributed by atoms with van der Waals surface area (Å²) in [6.45, 7) is 4.89. The van der Waals surface area contributed by atoms with Gasteiger partial charge in [-0.1, -0.05) is 24.2 Å². The highest BCUT2D eigenvalue weighted by molar-refractivity contribution is 5.89. The number of benzene rings is 2. The molecule has 1 aliphatic heterocycles. The predicted molar refractivity (Wildman–Crippen MR) is 122 cm³/mol. The molecule has 0 bridgehead atoms. The lowest BCUT2D eigenvalue weighted by molar-refractivity contribution is 0.0910. The van der Waals surface area contributed by atoms with Gasteiger partial charge in [-0.05, 0) is 55.2 Å². The summed E-state index contributed by atoms with van der Waals surface area (Å²) in [6, 6.07) is 15.9. The summed E-state index contributed by atoms with van der Waals surface area (Å²) < 4.78 is 5.18. The number of rotatable bonds is 6. The molecule has 2 N–H and O–H groups in total. The Morgan fingerprint density at radius 1 is 1.12 bits per heavy atom. The van der Waals surface area contributed by atoms with Gasteiger partial charge in [0.25, 0.3) is 0 Å². The maximum absolute atomic E-state index is 12.4. The third kappa shape index (κ3) is 4.34. The molecule has 0 saturated carbocycles. The summed E-state index contributed by atoms with van der Waals surface area (Å²) in [6.07, 6.45) is 3.03. The molecule has 8 heteroatoms. The van der Waals surface area contributed by atoms with E-state index in [-0.39, 0.29) is 11.8 Å². The monoisotopic (exact) mass is 430 g/mol. The molecule has 32 heavy (non-hydrogen) atoms. The van der Waals surface area contributed by atoms with Gasteiger partial charge in [-0.2, -0.15) is 4.98 Å². The first-order valence-corrected chi connectivity index (χ1v) is 11.1. The van der Waals surface area contributed by atoms with Gasteiger partial charge in [0.15, 0.2) is 0 Å². The van der Waals surface area contributed by atoms with Crippen LogP contribution in [0.5, 0.6) is 0 Å². The lowest BCUT2D eigenvalue weighted by atomic mass is 9.98. The van der Waals surface area contributed by atoms with Gasteiger partial charge in [0.05, 0.1) is 11.0 Å². The molecule has 1 saturated heterocycles. The van der Waals surface area contributed by atoms with E-state index >= 15 is 0 Å². The molecule has 1 amide bonds. The number of hydrogen-bond acceptors (Lipinski definition) is 6. The number of anilines is 1. The number of aromatic amines is 1. The lowest BCUT2D eigenvalue weighted by Crippen LogP contribution is -2.32. The minimum absolute atomic E-state index is 0.0429. The van der Waals surface area contributed by atoms with Crippen LogP contribution in [0.15, 0.2) is 53.1 Å². The van der Waals surface area contributed by atoms with Crippen molar-refractivity contribution >= 4 is 22.6 Å². The second-order valence-corrected chi connectivity index (χ2v) is 8.35. The van der Waals surface area contributed by atoms with Crippen LogP contribution >= 0.6 is 0 Å². The average molecular weight is 431 g/mol. The zero-order valence-electron chi connectivity index (χ0n) is 18.0. The molecule has 3 heterocycles. The van der Waals surface area contributed by atoms with Crippen LogP contribution in [0.2, 0.25) is 0 Å². The summed E-state index contributed by atoms with van der Waals surface area (Å²) >= 11 is 0. The third-order valence-corrected chi connectivity index (χ3v) is 5.98. The first kappa shape index (κ1) is 20.2. The number of para-hydroxylation sites is 2. The SMILES string of the molecule is CC1CCN(c2ccc(-c3noc(C(=O)NCCc4nc5ccccc5[nH]4)n3)cc2)CC1. The molecule has 0 aliphatic carbocycles. The molecule has 164 valence electrons. The van der Waals surface area contributed by atoms with Gasteiger partial charge in [-0.3, -0.25) is 4.79 Å². The van der Waals surface area contributed by atoms with Gasteiger partial charge in [0.1, 0.15) is 5.82 Å². The molecule has 2 aromatic carbocycles. The quantitative estimate of drug-likeness (QED) is 0.482. The summed E-state index contributed by atoms with van der Waals surface area (Å²) in [5.41, 5.74) is 3.92. The lowest BCUT2D eigenvalue weighted by Gasteiger charge is -2.32. The molecule has 1 fully saturated rings. The van der Waals surface area contributed by atoms with E-state index in [4.69, 9.17) is 4.52 Å². The second-order valence-electron chi connectivity index (χ2n) is 8.35. The van der Waals surface area contributed by atoms with Crippen LogP contribution in [-0.4, -0.2) is 45.7 Å². The molecular weight excluding hydrogens is 404 g/mol. The van der Waals surface area contributed by atoms with Gasteiger partial charge in [-0.25, -0.2) is 4.98 Å². The summed E-state index contributed by atoms with van der Waals surface area (Å²) in [5, 5.41) is 6.79. The zero-order chi connectivity index (χ0) is 21.9. The van der Waals surface area contributed by atoms with Crippen molar-refractivity contribution in [1.82, 2.24) is 25.4 Å². The number of hydrogen-bond donors (Lipinski definition) is 2. The van der Waals surface area contributed by atoms with E-state index in [1.54, 1.807) is 0 Å². The van der Waals surface area contributed by atoms with E-state index < -0.39 is 0 Å². The van der Waals surface area contributed by atoms with Crippen LogP contribution in [0.3, 0.4) is 0 Å². The van der Waals surface area contributed by atoms with Crippen LogP contribution in [-0.2, 0) is 6.42 Å². The summed E-state index contributed by atoms with van der Waals surface area (Å²) in [7, 11) is 0. The van der Waals surface area contributed by atoms with E-state index in [1.165, 1.54) is 18.5 Å². The van der Waals surface area contributed by atoms with Crippen molar-refractivity contribution in [2.75, 3.05) is 24.5 Å². The van der Waals surface area contributed by atoms with Crippen LogP contribution in [0.1, 0.15) is 36.3 Å². The van der Waals surface area contributed by atoms with Crippen LogP contribution in [0, 0.1) is 5.92 Å². The smallest absolute Gasteiger partial charge is 0.316 e. The fourth-order valence-electron chi connectivity index (χ4n) is 4.02. The van der Waals surface area contributed by atoms with Crippen LogP contribution in [0.25, 0.3) is 22.4 Å². The molecule has 0 spiro atoms. The Labute approximate surface area is 186 Å². The average Bonchev–Trinajstić information content (AvgIpc) is 3.47. The summed E-state index contributed by atoms with van der Waals surface area (Å²) in [4.78, 5) is 26.8. The van der Waals surface area contributed by atoms with Gasteiger partial charge in [0.2, 0.25) is 5.82 Å². The molecule has 0 unspecified atom stereocenters. The maximum atomic E-state index is 12.4. The highest BCUT2D eigenvalue weighted by Crippen LogP contribution is 2.25. The van der Waals surface area contributed by atoms with Crippen molar-refractivity contribution in [1.29, 1.82) is 0 Å². The number of nitrogens with zero attached hydrogens (tertiary/aromatic N) is 4. The number of imidazole rings is 1. The molecule has 4 aromatic rings. The molecule has 8 nitrogen and oxygen atoms in total. The first-order chi connectivity index (χ1) is 15.7. The van der Waals surface area contributed by atoms with Crippen molar-refractivity contribution in [3.05, 3.63) is 60.2 Å². The third-order valence-electron chi connectivity index (χ3n) is 5.98. The predicted octanol–water partition coefficient (Wildman–Crippen LogP) is 3.82. The van der Waals surface area contributed by atoms with Crippen LogP contribution < -0.4 is 10.2 Å². The Balaban J connectivity index is 1.17. The summed E-state index contributed by atoms with van der Waals surface area (Å²) in [5.74, 6) is 1.60. The van der Waals surface area contributed by atoms with Crippen molar-refractivity contribution in [3.63, 3.8) is 0 Å². The Kier molecular flexibility index (Phi) is 5.58. The maximum Gasteiger partial charge on any atom is 0.316 e. The second kappa shape index (κ2) is 8.82. The standard InChI is InChI=1S/C24H26N6O2/c1-16-11-14-30(15-12-16)18-8-6-17(7-9-18)22-28-24(32-29-22)23(31)25-13-10-21-26-19-4-2-3-5-20(19)27-21/h2-9,16H,10-15H2,1H3,(H,25,31)(H,26,27). The Hall–Kier alpha value is -3.68. The highest BCUT2D eigenvalue weighted by Gasteiger charge is 2.18. The number of amides is 1. The number of carbonyl (C=O) groups is 1. The molecule has 5 rings (SSSR count). The van der Waals surface area contributed by atoms with E-state index in [9.17, 15) is 4.79 Å². The minimum Gasteiger partial charge on any atom is -0.372 e. The Morgan fingerprint density at radius 3 is 2.69 bits per heavy atom. The topological polar surface area (TPSA) is 99.9 Å². The molecule has 1 aliphatic rings. The number of H-pyrrole nitrogens is 1. The number of aromatic nitrogens is 4. The van der Waals surface area contributed by atoms with Crippen molar-refractivity contribution in [2.24, 2.45) is 5.92 Å². The number of fused-ring (bicyclic) bond motifs is 1. The number of nitrogens with one attached hydrogen (secondary N) is 2. The zero-order valence-corrected chi connectivity index (χ0v) is 18.0. The van der Waals surface area contributed by atoms with E-state index in [0.717, 1.165) is 41.4 Å². The largest absolute Gasteiger partial charge is 0.372 e. The minimum atomic E-state index is -0.390. The Morgan fingerprint density at radius 2 is 1.91 bits per heavy atom. The highest BCUT2D eigenvalue weighted by atomic mass is 16.5. The normalized spacial score (nSPS) is 14.7. The van der Waals surface area contributed by atoms with Crippen molar-refractivity contribution in [2.45, 2.75) is 26.2 Å². The van der Waals surface area contributed by atoms with Gasteiger partial charge >= 0.3 is 11.8 Å². The Bertz CT molecular complexity index is 1170. The van der Waals surface area contributed by atoms with E-state index in [2.05, 4.69) is 49.4 Å². The van der Waals surface area contributed by atoms with Gasteiger partial charge in [0, 0.05) is 37.3 Å². The number of carbonyl (C=O) groups excluding carboxylic acids is 1. The fraction of sp³-hybridized carbons (Fsp3) is 0.333. The molecule has 0 radical (unpaired) electrons. The first-order valence-electron chi connectivity index (χ1n) is 11.1. The fourth-order valence-corrected chi connectivity index (χ4v) is 4.02. The van der Waals surface area contributed by atoms with E-state index in [1.807, 2.05) is 36.4 Å².